The molecule has 0 spiro atoms. The molecule has 0 aliphatic carbocycles. The number of carbonyl (C=O) groups is 2. The lowest BCUT2D eigenvalue weighted by molar-refractivity contribution is -0.137. The second kappa shape index (κ2) is 10.4. The Labute approximate surface area is 170 Å². The van der Waals surface area contributed by atoms with Crippen molar-refractivity contribution < 1.29 is 14.3 Å². The minimum absolute atomic E-state index is 0. The second-order valence-corrected chi connectivity index (χ2v) is 6.21. The summed E-state index contributed by atoms with van der Waals surface area (Å²) in [4.78, 5) is 29.0. The van der Waals surface area contributed by atoms with E-state index in [2.05, 4.69) is 15.6 Å². The van der Waals surface area contributed by atoms with Crippen LogP contribution in [0.1, 0.15) is 12.8 Å². The molecule has 0 saturated carbocycles. The summed E-state index contributed by atoms with van der Waals surface area (Å²) in [6, 6.07) is 9.33. The number of nitrogens with one attached hydrogen (secondary N) is 2. The van der Waals surface area contributed by atoms with E-state index < -0.39 is 5.41 Å². The van der Waals surface area contributed by atoms with Gasteiger partial charge in [-0.25, -0.2) is 0 Å². The van der Waals surface area contributed by atoms with E-state index >= 15 is 0 Å². The summed E-state index contributed by atoms with van der Waals surface area (Å²) in [6.07, 6.45) is 2.82. The molecule has 1 aromatic carbocycles. The third-order valence-electron chi connectivity index (χ3n) is 4.64. The molecule has 0 unspecified atom stereocenters. The molecule has 27 heavy (non-hydrogen) atoms. The number of hydrogen-bond donors (Lipinski definition) is 3. The minimum atomic E-state index is -0.639. The van der Waals surface area contributed by atoms with Crippen LogP contribution in [0.15, 0.2) is 36.5 Å². The standard InChI is InChI=1S/C18H22N4O3.2ClH/c19-12-18(6-9-25-10-7-18)17(24)21-11-15(23)22-14-5-1-3-13-4-2-8-20-16(13)14;;/h1-5,8H,6-7,9-12,19H2,(H,21,24)(H,22,23);2*1H. The third-order valence-corrected chi connectivity index (χ3v) is 4.64. The number of hydrogen-bond acceptors (Lipinski definition) is 5. The number of ether oxygens (including phenoxy) is 1. The number of fused-ring (bicyclic) bond motifs is 1. The number of aromatic nitrogens is 1. The molecule has 1 fully saturated rings. The van der Waals surface area contributed by atoms with E-state index in [0.717, 1.165) is 5.39 Å². The van der Waals surface area contributed by atoms with E-state index in [-0.39, 0.29) is 49.7 Å². The van der Waals surface area contributed by atoms with Crippen LogP contribution in [0.3, 0.4) is 0 Å². The summed E-state index contributed by atoms with van der Waals surface area (Å²) in [6.45, 7) is 1.17. The van der Waals surface area contributed by atoms with Gasteiger partial charge in [0.05, 0.1) is 23.2 Å². The van der Waals surface area contributed by atoms with E-state index in [4.69, 9.17) is 10.5 Å². The molecule has 1 saturated heterocycles. The van der Waals surface area contributed by atoms with Gasteiger partial charge in [-0.05, 0) is 25.0 Å². The van der Waals surface area contributed by atoms with Gasteiger partial charge in [-0.1, -0.05) is 18.2 Å². The van der Waals surface area contributed by atoms with Crippen molar-refractivity contribution in [3.05, 3.63) is 36.5 Å². The third kappa shape index (κ3) is 5.29. The van der Waals surface area contributed by atoms with Gasteiger partial charge in [0, 0.05) is 31.3 Å². The van der Waals surface area contributed by atoms with Gasteiger partial charge in [0.2, 0.25) is 11.8 Å². The molecule has 2 aromatic rings. The molecular formula is C18H24Cl2N4O3. The molecule has 0 atom stereocenters. The molecule has 0 radical (unpaired) electrons. The molecule has 2 amide bonds. The average molecular weight is 415 g/mol. The molecule has 148 valence electrons. The summed E-state index contributed by atoms with van der Waals surface area (Å²) in [7, 11) is 0. The van der Waals surface area contributed by atoms with Crippen LogP contribution in [0.25, 0.3) is 10.9 Å². The summed E-state index contributed by atoms with van der Waals surface area (Å²) in [5, 5.41) is 6.45. The number of para-hydroxylation sites is 1. The maximum atomic E-state index is 12.5. The Hall–Kier alpha value is -1.93. The first kappa shape index (κ1) is 23.1. The largest absolute Gasteiger partial charge is 0.381 e. The molecule has 1 aliphatic heterocycles. The first-order valence-corrected chi connectivity index (χ1v) is 8.34. The smallest absolute Gasteiger partial charge is 0.243 e. The number of anilines is 1. The van der Waals surface area contributed by atoms with Crippen LogP contribution in [0.2, 0.25) is 0 Å². The van der Waals surface area contributed by atoms with Crippen molar-refractivity contribution in [1.29, 1.82) is 0 Å². The van der Waals surface area contributed by atoms with E-state index in [1.807, 2.05) is 24.3 Å². The van der Waals surface area contributed by atoms with Crippen LogP contribution in [0.5, 0.6) is 0 Å². The van der Waals surface area contributed by atoms with Gasteiger partial charge in [-0.3, -0.25) is 14.6 Å². The highest BCUT2D eigenvalue weighted by Crippen LogP contribution is 2.29. The summed E-state index contributed by atoms with van der Waals surface area (Å²) >= 11 is 0. The number of rotatable bonds is 5. The number of halogens is 2. The zero-order valence-corrected chi connectivity index (χ0v) is 16.4. The van der Waals surface area contributed by atoms with Crippen molar-refractivity contribution in [2.45, 2.75) is 12.8 Å². The lowest BCUT2D eigenvalue weighted by Crippen LogP contribution is -2.50. The maximum absolute atomic E-state index is 12.5. The van der Waals surface area contributed by atoms with E-state index in [0.29, 0.717) is 37.3 Å². The quantitative estimate of drug-likeness (QED) is 0.692. The summed E-state index contributed by atoms with van der Waals surface area (Å²) in [5.74, 6) is -0.491. The maximum Gasteiger partial charge on any atom is 0.243 e. The molecule has 3 rings (SSSR count). The summed E-state index contributed by atoms with van der Waals surface area (Å²) in [5.41, 5.74) is 6.50. The van der Waals surface area contributed by atoms with Crippen LogP contribution in [-0.2, 0) is 14.3 Å². The van der Waals surface area contributed by atoms with E-state index in [1.165, 1.54) is 0 Å². The lowest BCUT2D eigenvalue weighted by Gasteiger charge is -2.34. The van der Waals surface area contributed by atoms with Gasteiger partial charge >= 0.3 is 0 Å². The topological polar surface area (TPSA) is 106 Å². The second-order valence-electron chi connectivity index (χ2n) is 6.21. The molecule has 2 heterocycles. The van der Waals surface area contributed by atoms with Gasteiger partial charge in [0.25, 0.3) is 0 Å². The van der Waals surface area contributed by atoms with Gasteiger partial charge in [-0.15, -0.1) is 24.8 Å². The molecular weight excluding hydrogens is 391 g/mol. The Morgan fingerprint density at radius 2 is 1.85 bits per heavy atom. The monoisotopic (exact) mass is 414 g/mol. The zero-order chi connectivity index (χ0) is 17.7. The van der Waals surface area contributed by atoms with E-state index in [1.54, 1.807) is 12.3 Å². The fourth-order valence-electron chi connectivity index (χ4n) is 3.03. The Morgan fingerprint density at radius 3 is 2.56 bits per heavy atom. The van der Waals surface area contributed by atoms with Crippen LogP contribution in [-0.4, -0.2) is 43.1 Å². The molecule has 7 nitrogen and oxygen atoms in total. The number of carbonyl (C=O) groups excluding carboxylic acids is 2. The molecule has 1 aromatic heterocycles. The minimum Gasteiger partial charge on any atom is -0.381 e. The van der Waals surface area contributed by atoms with Crippen molar-refractivity contribution in [3.63, 3.8) is 0 Å². The van der Waals surface area contributed by atoms with Gasteiger partial charge in [0.1, 0.15) is 0 Å². The predicted molar refractivity (Wildman–Crippen MR) is 109 cm³/mol. The van der Waals surface area contributed by atoms with Crippen LogP contribution < -0.4 is 16.4 Å². The number of amides is 2. The number of nitrogens with zero attached hydrogens (tertiary/aromatic N) is 1. The first-order chi connectivity index (χ1) is 12.1. The summed E-state index contributed by atoms with van der Waals surface area (Å²) < 4.78 is 5.30. The Morgan fingerprint density at radius 1 is 1.15 bits per heavy atom. The zero-order valence-electron chi connectivity index (χ0n) is 14.8. The predicted octanol–water partition coefficient (Wildman–Crippen LogP) is 1.89. The highest BCUT2D eigenvalue weighted by molar-refractivity contribution is 6.02. The average Bonchev–Trinajstić information content (AvgIpc) is 2.67. The molecule has 9 heteroatoms. The van der Waals surface area contributed by atoms with Crippen molar-refractivity contribution >= 4 is 53.2 Å². The van der Waals surface area contributed by atoms with Gasteiger partial charge in [-0.2, -0.15) is 0 Å². The molecule has 0 bridgehead atoms. The lowest BCUT2D eigenvalue weighted by atomic mass is 9.79. The first-order valence-electron chi connectivity index (χ1n) is 8.34. The Bertz CT molecular complexity index is 777. The van der Waals surface area contributed by atoms with Gasteiger partial charge in [0.15, 0.2) is 0 Å². The fraction of sp³-hybridized carbons (Fsp3) is 0.389. The van der Waals surface area contributed by atoms with E-state index in [9.17, 15) is 9.59 Å². The number of pyridine rings is 1. The fourth-order valence-corrected chi connectivity index (χ4v) is 3.03. The van der Waals surface area contributed by atoms with Gasteiger partial charge < -0.3 is 21.1 Å². The van der Waals surface area contributed by atoms with Crippen LogP contribution in [0.4, 0.5) is 5.69 Å². The van der Waals surface area contributed by atoms with Crippen molar-refractivity contribution in [2.24, 2.45) is 11.1 Å². The molecule has 1 aliphatic rings. The number of nitrogens with two attached hydrogens (primary N) is 1. The Kier molecular flexibility index (Phi) is 8.92. The van der Waals surface area contributed by atoms with Crippen LogP contribution in [0, 0.1) is 5.41 Å². The molecule has 4 N–H and O–H groups in total. The van der Waals surface area contributed by atoms with Crippen LogP contribution >= 0.6 is 24.8 Å². The number of benzene rings is 1. The Balaban J connectivity index is 0.00000182. The van der Waals surface area contributed by atoms with Crippen molar-refractivity contribution in [3.8, 4) is 0 Å². The highest BCUT2D eigenvalue weighted by Gasteiger charge is 2.38. The SMILES string of the molecule is Cl.Cl.NCC1(C(=O)NCC(=O)Nc2cccc3cccnc23)CCOCC1. The van der Waals surface area contributed by atoms with Crippen molar-refractivity contribution in [1.82, 2.24) is 10.3 Å². The normalized spacial score (nSPS) is 15.1. The van der Waals surface area contributed by atoms with Crippen molar-refractivity contribution in [2.75, 3.05) is 31.6 Å². The highest BCUT2D eigenvalue weighted by atomic mass is 35.5.